The summed E-state index contributed by atoms with van der Waals surface area (Å²) in [5.74, 6) is -1.01. The van der Waals surface area contributed by atoms with Crippen molar-refractivity contribution in [2.75, 3.05) is 37.9 Å². The van der Waals surface area contributed by atoms with E-state index in [1.165, 1.54) is 23.5 Å². The second-order valence-electron chi connectivity index (χ2n) is 10.9. The lowest BCUT2D eigenvalue weighted by Crippen LogP contribution is -2.10. The number of carbonyl (C=O) groups is 4. The number of hydrogen-bond acceptors (Lipinski definition) is 10. The van der Waals surface area contributed by atoms with Crippen LogP contribution in [-0.2, 0) is 18.9 Å². The van der Waals surface area contributed by atoms with Crippen molar-refractivity contribution in [2.45, 2.75) is 71.6 Å². The number of hydrogen-bond donors (Lipinski definition) is 0. The van der Waals surface area contributed by atoms with Crippen LogP contribution >= 0.6 is 23.5 Å². The van der Waals surface area contributed by atoms with Crippen molar-refractivity contribution < 1.29 is 38.1 Å². The zero-order chi connectivity index (χ0) is 34.4. The molecule has 0 amide bonds. The Balaban J connectivity index is 1.71. The average Bonchev–Trinajstić information content (AvgIpc) is 3.50. The summed E-state index contributed by atoms with van der Waals surface area (Å²) in [5.41, 5.74) is 6.00. The SMILES string of the molecule is CCOC(=O)c1c(SCCCSc2c(C(=O)OCC)c3c(C)cc(C)cn3c2C(=O)OCC)c(C(=O)OCC)n2cc(C)cc(C)c12. The number of thioether (sulfide) groups is 2. The molecule has 4 aromatic heterocycles. The Morgan fingerprint density at radius 2 is 0.915 bits per heavy atom. The molecule has 0 aliphatic rings. The molecule has 0 bridgehead atoms. The molecule has 4 rings (SSSR count). The number of rotatable bonds is 14. The fourth-order valence-electron chi connectivity index (χ4n) is 5.72. The number of aromatic nitrogens is 2. The van der Waals surface area contributed by atoms with Crippen LogP contribution in [-0.4, -0.2) is 70.6 Å². The van der Waals surface area contributed by atoms with E-state index in [0.29, 0.717) is 49.9 Å². The number of aryl methyl sites for hydroxylation is 4. The molecule has 252 valence electrons. The van der Waals surface area contributed by atoms with Crippen LogP contribution < -0.4 is 0 Å². The zero-order valence-electron chi connectivity index (χ0n) is 28.2. The topological polar surface area (TPSA) is 114 Å². The fourth-order valence-corrected chi connectivity index (χ4v) is 8.18. The van der Waals surface area contributed by atoms with Gasteiger partial charge in [0.25, 0.3) is 0 Å². The van der Waals surface area contributed by atoms with E-state index in [2.05, 4.69) is 0 Å². The second-order valence-corrected chi connectivity index (χ2v) is 13.1. The minimum Gasteiger partial charge on any atom is -0.462 e. The summed E-state index contributed by atoms with van der Waals surface area (Å²) in [6, 6.07) is 3.93. The Morgan fingerprint density at radius 3 is 1.26 bits per heavy atom. The van der Waals surface area contributed by atoms with E-state index in [4.69, 9.17) is 18.9 Å². The normalized spacial score (nSPS) is 11.2. The highest BCUT2D eigenvalue weighted by atomic mass is 32.2. The monoisotopic (exact) mass is 682 g/mol. The Bertz CT molecular complexity index is 1710. The minimum absolute atomic E-state index is 0.183. The average molecular weight is 683 g/mol. The summed E-state index contributed by atoms with van der Waals surface area (Å²) >= 11 is 2.76. The maximum atomic E-state index is 13.3. The van der Waals surface area contributed by atoms with Crippen molar-refractivity contribution in [1.29, 1.82) is 0 Å². The summed E-state index contributed by atoms with van der Waals surface area (Å²) in [5, 5.41) is 0. The van der Waals surface area contributed by atoms with E-state index < -0.39 is 23.9 Å². The molecule has 10 nitrogen and oxygen atoms in total. The van der Waals surface area contributed by atoms with Gasteiger partial charge in [0.15, 0.2) is 0 Å². The van der Waals surface area contributed by atoms with Crippen LogP contribution in [0.1, 0.15) is 98.1 Å². The van der Waals surface area contributed by atoms with Crippen molar-refractivity contribution in [2.24, 2.45) is 0 Å². The number of carbonyl (C=O) groups excluding carboxylic acids is 4. The molecule has 0 saturated heterocycles. The van der Waals surface area contributed by atoms with E-state index in [-0.39, 0.29) is 37.8 Å². The quantitative estimate of drug-likeness (QED) is 0.0577. The minimum atomic E-state index is -0.524. The molecule has 0 radical (unpaired) electrons. The fraction of sp³-hybridized carbons (Fsp3) is 0.429. The molecule has 4 aromatic rings. The molecule has 0 spiro atoms. The van der Waals surface area contributed by atoms with E-state index in [1.807, 2.05) is 52.2 Å². The summed E-state index contributed by atoms with van der Waals surface area (Å²) < 4.78 is 25.2. The number of esters is 4. The van der Waals surface area contributed by atoms with Crippen LogP contribution in [0.15, 0.2) is 34.3 Å². The first-order valence-corrected chi connectivity index (χ1v) is 17.7. The largest absolute Gasteiger partial charge is 0.462 e. The van der Waals surface area contributed by atoms with Crippen LogP contribution in [0.4, 0.5) is 0 Å². The first kappa shape index (κ1) is 35.9. The van der Waals surface area contributed by atoms with Gasteiger partial charge < -0.3 is 27.7 Å². The third kappa shape index (κ3) is 7.33. The molecule has 0 fully saturated rings. The number of nitrogens with zero attached hydrogens (tertiary/aromatic N) is 2. The standard InChI is InChI=1S/C35H42N2O8S2/c1-9-42-32(38)24-26-22(7)16-20(5)18-36(26)28(34(40)44-11-3)30(24)46-14-13-15-47-31-25(33(39)43-10-2)27-23(8)17-21(6)19-37(27)29(31)35(41)45-12-4/h16-19H,9-15H2,1-8H3. The zero-order valence-corrected chi connectivity index (χ0v) is 29.9. The smallest absolute Gasteiger partial charge is 0.356 e. The third-order valence-corrected chi connectivity index (χ3v) is 9.66. The van der Waals surface area contributed by atoms with Gasteiger partial charge in [-0.25, -0.2) is 19.2 Å². The number of fused-ring (bicyclic) bond motifs is 2. The molecule has 4 heterocycles. The van der Waals surface area contributed by atoms with Crippen molar-refractivity contribution >= 4 is 58.4 Å². The molecular formula is C35H42N2O8S2. The van der Waals surface area contributed by atoms with Crippen LogP contribution in [0.5, 0.6) is 0 Å². The van der Waals surface area contributed by atoms with Gasteiger partial charge in [-0.2, -0.15) is 0 Å². The van der Waals surface area contributed by atoms with Crippen LogP contribution in [0.3, 0.4) is 0 Å². The predicted octanol–water partition coefficient (Wildman–Crippen LogP) is 7.41. The van der Waals surface area contributed by atoms with Gasteiger partial charge in [-0.1, -0.05) is 12.1 Å². The highest BCUT2D eigenvalue weighted by Gasteiger charge is 2.32. The number of pyridine rings is 2. The summed E-state index contributed by atoms with van der Waals surface area (Å²) in [6.07, 6.45) is 4.26. The Kier molecular flexibility index (Phi) is 12.1. The Hall–Kier alpha value is -3.90. The molecule has 0 aromatic carbocycles. The molecule has 0 aliphatic heterocycles. The molecule has 0 N–H and O–H groups in total. The van der Waals surface area contributed by atoms with Gasteiger partial charge in [-0.3, -0.25) is 0 Å². The van der Waals surface area contributed by atoms with Crippen molar-refractivity contribution in [3.8, 4) is 0 Å². The lowest BCUT2D eigenvalue weighted by molar-refractivity contribution is 0.0498. The van der Waals surface area contributed by atoms with Crippen LogP contribution in [0.25, 0.3) is 11.0 Å². The summed E-state index contributed by atoms with van der Waals surface area (Å²) in [4.78, 5) is 54.3. The van der Waals surface area contributed by atoms with Crippen molar-refractivity contribution in [1.82, 2.24) is 8.80 Å². The van der Waals surface area contributed by atoms with E-state index in [1.54, 1.807) is 36.5 Å². The van der Waals surface area contributed by atoms with Gasteiger partial charge >= 0.3 is 23.9 Å². The van der Waals surface area contributed by atoms with Gasteiger partial charge in [0.05, 0.1) is 58.4 Å². The van der Waals surface area contributed by atoms with Gasteiger partial charge in [0.2, 0.25) is 0 Å². The van der Waals surface area contributed by atoms with Gasteiger partial charge in [-0.15, -0.1) is 23.5 Å². The molecule has 0 atom stereocenters. The molecule has 12 heteroatoms. The van der Waals surface area contributed by atoms with Gasteiger partial charge in [-0.05, 0) is 95.6 Å². The molecule has 0 saturated carbocycles. The van der Waals surface area contributed by atoms with Crippen molar-refractivity contribution in [3.05, 3.63) is 69.3 Å². The van der Waals surface area contributed by atoms with Crippen LogP contribution in [0, 0.1) is 27.7 Å². The Morgan fingerprint density at radius 1 is 0.574 bits per heavy atom. The first-order chi connectivity index (χ1) is 22.5. The second kappa shape index (κ2) is 15.8. The molecule has 47 heavy (non-hydrogen) atoms. The maximum absolute atomic E-state index is 13.3. The first-order valence-electron chi connectivity index (χ1n) is 15.7. The highest BCUT2D eigenvalue weighted by Crippen LogP contribution is 2.39. The van der Waals surface area contributed by atoms with E-state index in [9.17, 15) is 19.2 Å². The van der Waals surface area contributed by atoms with Crippen LogP contribution in [0.2, 0.25) is 0 Å². The highest BCUT2D eigenvalue weighted by molar-refractivity contribution is 8.00. The van der Waals surface area contributed by atoms with Gasteiger partial charge in [0, 0.05) is 12.4 Å². The lowest BCUT2D eigenvalue weighted by atomic mass is 10.1. The maximum Gasteiger partial charge on any atom is 0.356 e. The summed E-state index contributed by atoms with van der Waals surface area (Å²) in [7, 11) is 0. The van der Waals surface area contributed by atoms with E-state index in [0.717, 1.165) is 22.3 Å². The van der Waals surface area contributed by atoms with Gasteiger partial charge in [0.1, 0.15) is 11.4 Å². The molecular weight excluding hydrogens is 641 g/mol. The van der Waals surface area contributed by atoms with Crippen molar-refractivity contribution in [3.63, 3.8) is 0 Å². The van der Waals surface area contributed by atoms with E-state index >= 15 is 0 Å². The number of ether oxygens (including phenoxy) is 4. The lowest BCUT2D eigenvalue weighted by Gasteiger charge is -2.09. The molecule has 0 aliphatic carbocycles. The molecule has 0 unspecified atom stereocenters. The third-order valence-electron chi connectivity index (χ3n) is 7.30. The summed E-state index contributed by atoms with van der Waals surface area (Å²) in [6.45, 7) is 15.4. The Labute approximate surface area is 283 Å². The predicted molar refractivity (Wildman–Crippen MR) is 184 cm³/mol.